The normalized spacial score (nSPS) is 29.5. The first kappa shape index (κ1) is 20.1. The lowest BCUT2D eigenvalue weighted by atomic mass is 9.70. The van der Waals surface area contributed by atoms with Gasteiger partial charge in [0.15, 0.2) is 0 Å². The zero-order valence-electron chi connectivity index (χ0n) is 16.8. The molecule has 2 aromatic rings. The van der Waals surface area contributed by atoms with Crippen LogP contribution in [0.25, 0.3) is 11.0 Å². The SMILES string of the molecule is CCOc1ccc2cc(C(=O)ON=C3CC4CCC3(C)C4(C)CBr)c(=O)oc2c1. The number of ether oxygens (including phenoxy) is 1. The lowest BCUT2D eigenvalue weighted by Gasteiger charge is -2.36. The van der Waals surface area contributed by atoms with Crippen LogP contribution >= 0.6 is 15.9 Å². The first-order valence-corrected chi connectivity index (χ1v) is 11.0. The van der Waals surface area contributed by atoms with Crippen molar-refractivity contribution in [2.24, 2.45) is 21.9 Å². The number of fused-ring (bicyclic) bond motifs is 3. The van der Waals surface area contributed by atoms with E-state index >= 15 is 0 Å². The minimum atomic E-state index is -0.797. The molecule has 29 heavy (non-hydrogen) atoms. The van der Waals surface area contributed by atoms with Gasteiger partial charge >= 0.3 is 11.6 Å². The molecule has 0 aliphatic heterocycles. The highest BCUT2D eigenvalue weighted by Crippen LogP contribution is 2.64. The van der Waals surface area contributed by atoms with E-state index in [9.17, 15) is 9.59 Å². The van der Waals surface area contributed by atoms with Crippen LogP contribution in [0.3, 0.4) is 0 Å². The average molecular weight is 462 g/mol. The van der Waals surface area contributed by atoms with E-state index in [1.807, 2.05) is 6.92 Å². The summed E-state index contributed by atoms with van der Waals surface area (Å²) >= 11 is 3.65. The largest absolute Gasteiger partial charge is 0.494 e. The van der Waals surface area contributed by atoms with Crippen LogP contribution in [0.4, 0.5) is 0 Å². The minimum Gasteiger partial charge on any atom is -0.494 e. The number of carbonyl (C=O) groups is 1. The number of alkyl halides is 1. The molecule has 3 unspecified atom stereocenters. The van der Waals surface area contributed by atoms with E-state index in [0.717, 1.165) is 30.3 Å². The van der Waals surface area contributed by atoms with Crippen LogP contribution in [0.5, 0.6) is 5.75 Å². The third kappa shape index (κ3) is 3.10. The van der Waals surface area contributed by atoms with Crippen LogP contribution < -0.4 is 10.4 Å². The smallest absolute Gasteiger partial charge is 0.373 e. The van der Waals surface area contributed by atoms with Crippen LogP contribution in [0.2, 0.25) is 0 Å². The van der Waals surface area contributed by atoms with Gasteiger partial charge in [-0.2, -0.15) is 0 Å². The van der Waals surface area contributed by atoms with Crippen molar-refractivity contribution < 1.29 is 18.8 Å². The molecule has 0 saturated heterocycles. The van der Waals surface area contributed by atoms with Crippen LogP contribution in [-0.2, 0) is 4.84 Å². The lowest BCUT2D eigenvalue weighted by molar-refractivity contribution is 0.0504. The van der Waals surface area contributed by atoms with Gasteiger partial charge in [-0.3, -0.25) is 0 Å². The quantitative estimate of drug-likeness (QED) is 0.273. The van der Waals surface area contributed by atoms with Gasteiger partial charge < -0.3 is 14.0 Å². The first-order valence-electron chi connectivity index (χ1n) is 9.88. The van der Waals surface area contributed by atoms with Gasteiger partial charge in [-0.15, -0.1) is 0 Å². The topological polar surface area (TPSA) is 78.1 Å². The molecule has 1 heterocycles. The number of nitrogens with zero attached hydrogens (tertiary/aromatic N) is 1. The van der Waals surface area contributed by atoms with Gasteiger partial charge in [0.2, 0.25) is 0 Å². The Bertz CT molecular complexity index is 1060. The van der Waals surface area contributed by atoms with Crippen LogP contribution in [0.1, 0.15) is 50.4 Å². The Hall–Kier alpha value is -2.15. The Morgan fingerprint density at radius 3 is 2.83 bits per heavy atom. The molecule has 4 rings (SSSR count). The monoisotopic (exact) mass is 461 g/mol. The van der Waals surface area contributed by atoms with E-state index in [2.05, 4.69) is 34.9 Å². The summed E-state index contributed by atoms with van der Waals surface area (Å²) < 4.78 is 10.7. The number of oxime groups is 1. The molecule has 2 aliphatic rings. The van der Waals surface area contributed by atoms with Crippen molar-refractivity contribution in [3.63, 3.8) is 0 Å². The minimum absolute atomic E-state index is 0.0957. The average Bonchev–Trinajstić information content (AvgIpc) is 3.08. The van der Waals surface area contributed by atoms with Gasteiger partial charge in [0, 0.05) is 22.2 Å². The summed E-state index contributed by atoms with van der Waals surface area (Å²) in [5.41, 5.74) is 0.334. The van der Waals surface area contributed by atoms with Gasteiger partial charge in [-0.25, -0.2) is 9.59 Å². The van der Waals surface area contributed by atoms with Crippen LogP contribution in [0.15, 0.2) is 38.6 Å². The fourth-order valence-electron chi connectivity index (χ4n) is 4.81. The van der Waals surface area contributed by atoms with Gasteiger partial charge in [0.1, 0.15) is 16.9 Å². The van der Waals surface area contributed by atoms with E-state index in [1.54, 1.807) is 18.2 Å². The number of carbonyl (C=O) groups excluding carboxylic acids is 1. The molecule has 1 aromatic heterocycles. The molecule has 2 bridgehead atoms. The Balaban J connectivity index is 1.59. The Kier molecular flexibility index (Phi) is 5.05. The van der Waals surface area contributed by atoms with Crippen LogP contribution in [0, 0.1) is 16.7 Å². The first-order chi connectivity index (χ1) is 13.8. The number of hydrogen-bond acceptors (Lipinski definition) is 6. The Morgan fingerprint density at radius 1 is 1.34 bits per heavy atom. The van der Waals surface area contributed by atoms with Crippen molar-refractivity contribution in [3.05, 3.63) is 40.2 Å². The molecule has 1 aromatic carbocycles. The zero-order chi connectivity index (χ0) is 20.8. The highest BCUT2D eigenvalue weighted by atomic mass is 79.9. The summed E-state index contributed by atoms with van der Waals surface area (Å²) in [5.74, 6) is 0.327. The third-order valence-corrected chi connectivity index (χ3v) is 8.15. The van der Waals surface area contributed by atoms with Gasteiger partial charge in [0.05, 0.1) is 12.3 Å². The molecule has 0 spiro atoms. The summed E-state index contributed by atoms with van der Waals surface area (Å²) in [7, 11) is 0. The molecule has 2 aliphatic carbocycles. The van der Waals surface area contributed by atoms with E-state index in [0.29, 0.717) is 29.2 Å². The predicted octanol–water partition coefficient (Wildman–Crippen LogP) is 4.93. The second-order valence-corrected chi connectivity index (χ2v) is 8.88. The van der Waals surface area contributed by atoms with E-state index in [-0.39, 0.29) is 16.4 Å². The molecule has 2 fully saturated rings. The maximum Gasteiger partial charge on any atom is 0.373 e. The summed E-state index contributed by atoms with van der Waals surface area (Å²) in [6.07, 6.45) is 3.00. The Labute approximate surface area is 177 Å². The van der Waals surface area contributed by atoms with E-state index in [1.165, 1.54) is 6.07 Å². The van der Waals surface area contributed by atoms with Gasteiger partial charge in [0.25, 0.3) is 0 Å². The second-order valence-electron chi connectivity index (χ2n) is 8.32. The highest BCUT2D eigenvalue weighted by Gasteiger charge is 2.62. The fraction of sp³-hybridized carbons (Fsp3) is 0.500. The summed E-state index contributed by atoms with van der Waals surface area (Å²) in [4.78, 5) is 30.1. The molecule has 154 valence electrons. The number of hydrogen-bond donors (Lipinski definition) is 0. The van der Waals surface area contributed by atoms with Crippen molar-refractivity contribution in [1.82, 2.24) is 0 Å². The summed E-state index contributed by atoms with van der Waals surface area (Å²) in [6.45, 7) is 6.83. The predicted molar refractivity (Wildman–Crippen MR) is 114 cm³/mol. The number of benzene rings is 1. The van der Waals surface area contributed by atoms with Crippen molar-refractivity contribution in [3.8, 4) is 5.75 Å². The molecule has 7 heteroatoms. The highest BCUT2D eigenvalue weighted by molar-refractivity contribution is 9.09. The molecule has 3 atom stereocenters. The molecule has 6 nitrogen and oxygen atoms in total. The maximum absolute atomic E-state index is 12.6. The molecular formula is C22H24BrNO5. The molecule has 0 N–H and O–H groups in total. The maximum atomic E-state index is 12.6. The summed E-state index contributed by atoms with van der Waals surface area (Å²) in [5, 5.41) is 5.70. The van der Waals surface area contributed by atoms with Gasteiger partial charge in [-0.1, -0.05) is 34.9 Å². The van der Waals surface area contributed by atoms with Gasteiger partial charge in [-0.05, 0) is 55.7 Å². The van der Waals surface area contributed by atoms with E-state index in [4.69, 9.17) is 14.0 Å². The zero-order valence-corrected chi connectivity index (χ0v) is 18.4. The van der Waals surface area contributed by atoms with E-state index < -0.39 is 11.6 Å². The molecule has 0 amide bonds. The third-order valence-electron chi connectivity index (χ3n) is 6.99. The molecular weight excluding hydrogens is 438 g/mol. The molecule has 0 radical (unpaired) electrons. The number of rotatable bonds is 5. The second kappa shape index (κ2) is 7.27. The van der Waals surface area contributed by atoms with Crippen molar-refractivity contribution >= 4 is 38.6 Å². The Morgan fingerprint density at radius 2 is 2.14 bits per heavy atom. The molecule has 2 saturated carbocycles. The van der Waals surface area contributed by atoms with Crippen LogP contribution in [-0.4, -0.2) is 23.6 Å². The summed E-state index contributed by atoms with van der Waals surface area (Å²) in [6, 6.07) is 6.61. The number of halogens is 1. The standard InChI is InChI=1S/C22H24BrNO5/c1-4-27-15-6-5-13-9-16(19(25)28-17(13)11-15)20(26)29-24-18-10-14-7-8-21(18,2)22(14,3)12-23/h5-6,9,11,14H,4,7-8,10,12H2,1-3H3. The fourth-order valence-corrected chi connectivity index (χ4v) is 5.88. The van der Waals surface area contributed by atoms with Crippen molar-refractivity contribution in [2.75, 3.05) is 11.9 Å². The van der Waals surface area contributed by atoms with Crippen molar-refractivity contribution in [2.45, 2.75) is 40.0 Å². The van der Waals surface area contributed by atoms with Crippen molar-refractivity contribution in [1.29, 1.82) is 0 Å². The lowest BCUT2D eigenvalue weighted by Crippen LogP contribution is -2.36.